The van der Waals surface area contributed by atoms with Crippen LogP contribution in [0.1, 0.15) is 25.5 Å². The first kappa shape index (κ1) is 8.52. The highest BCUT2D eigenvalue weighted by Gasteiger charge is 2.50. The fraction of sp³-hybridized carbons (Fsp3) is 0.333. The lowest BCUT2D eigenvalue weighted by Gasteiger charge is -1.97. The van der Waals surface area contributed by atoms with Gasteiger partial charge in [-0.2, -0.15) is 0 Å². The Hall–Kier alpha value is -1.08. The monoisotopic (exact) mass is 174 g/mol. The van der Waals surface area contributed by atoms with E-state index < -0.39 is 0 Å². The maximum absolute atomic E-state index is 5.64. The molecule has 0 spiro atoms. The summed E-state index contributed by atoms with van der Waals surface area (Å²) in [5.74, 6) is 0. The van der Waals surface area contributed by atoms with Gasteiger partial charge in [0.2, 0.25) is 0 Å². The Bertz CT molecular complexity index is 315. The smallest absolute Gasteiger partial charge is 0.116 e. The highest BCUT2D eigenvalue weighted by Crippen LogP contribution is 2.50. The summed E-state index contributed by atoms with van der Waals surface area (Å²) < 4.78 is 5.64. The molecule has 1 aliphatic rings. The van der Waals surface area contributed by atoms with Gasteiger partial charge in [-0.25, -0.2) is 0 Å². The van der Waals surface area contributed by atoms with Crippen molar-refractivity contribution in [2.75, 3.05) is 0 Å². The Labute approximate surface area is 79.0 Å². The molecule has 1 heterocycles. The molecule has 1 heteroatoms. The number of rotatable bonds is 2. The largest absolute Gasteiger partial charge is 0.357 e. The van der Waals surface area contributed by atoms with Crippen LogP contribution in [0.25, 0.3) is 0 Å². The Morgan fingerprint density at radius 1 is 1.31 bits per heavy atom. The fourth-order valence-corrected chi connectivity index (χ4v) is 1.70. The molecule has 1 aliphatic heterocycles. The van der Waals surface area contributed by atoms with E-state index in [-0.39, 0.29) is 11.7 Å². The van der Waals surface area contributed by atoms with E-state index >= 15 is 0 Å². The molecule has 1 nitrogen and oxygen atoms in total. The lowest BCUT2D eigenvalue weighted by molar-refractivity contribution is 0.345. The summed E-state index contributed by atoms with van der Waals surface area (Å²) in [7, 11) is 0. The van der Waals surface area contributed by atoms with E-state index in [1.807, 2.05) is 31.2 Å². The van der Waals surface area contributed by atoms with Crippen molar-refractivity contribution in [3.8, 4) is 0 Å². The van der Waals surface area contributed by atoms with Crippen molar-refractivity contribution in [3.63, 3.8) is 0 Å². The van der Waals surface area contributed by atoms with E-state index in [4.69, 9.17) is 4.74 Å². The van der Waals surface area contributed by atoms with Crippen LogP contribution in [0, 0.1) is 0 Å². The summed E-state index contributed by atoms with van der Waals surface area (Å²) in [5.41, 5.74) is 1.21. The SMILES string of the molecule is C/C=C/C1(C)OC1c1ccccc1. The summed E-state index contributed by atoms with van der Waals surface area (Å²) >= 11 is 0. The minimum absolute atomic E-state index is 0.0594. The second kappa shape index (κ2) is 3.00. The number of epoxide rings is 1. The molecule has 1 fully saturated rings. The second-order valence-electron chi connectivity index (χ2n) is 3.59. The molecule has 0 aliphatic carbocycles. The van der Waals surface area contributed by atoms with Crippen LogP contribution in [0.3, 0.4) is 0 Å². The van der Waals surface area contributed by atoms with Gasteiger partial charge in [0.25, 0.3) is 0 Å². The van der Waals surface area contributed by atoms with Crippen LogP contribution < -0.4 is 0 Å². The third-order valence-electron chi connectivity index (χ3n) is 2.44. The van der Waals surface area contributed by atoms with Gasteiger partial charge in [0, 0.05) is 0 Å². The van der Waals surface area contributed by atoms with Gasteiger partial charge in [0.1, 0.15) is 11.7 Å². The van der Waals surface area contributed by atoms with Gasteiger partial charge in [-0.1, -0.05) is 42.5 Å². The van der Waals surface area contributed by atoms with Gasteiger partial charge < -0.3 is 4.74 Å². The van der Waals surface area contributed by atoms with Crippen LogP contribution >= 0.6 is 0 Å². The average molecular weight is 174 g/mol. The Morgan fingerprint density at radius 2 is 2.00 bits per heavy atom. The molecule has 0 amide bonds. The van der Waals surface area contributed by atoms with E-state index in [1.165, 1.54) is 5.56 Å². The van der Waals surface area contributed by atoms with Crippen molar-refractivity contribution in [2.45, 2.75) is 25.6 Å². The Balaban J connectivity index is 2.16. The van der Waals surface area contributed by atoms with Crippen molar-refractivity contribution >= 4 is 0 Å². The highest BCUT2D eigenvalue weighted by molar-refractivity contribution is 5.29. The molecule has 2 unspecified atom stereocenters. The van der Waals surface area contributed by atoms with Crippen molar-refractivity contribution in [1.82, 2.24) is 0 Å². The maximum Gasteiger partial charge on any atom is 0.116 e. The molecule has 2 rings (SSSR count). The number of allylic oxidation sites excluding steroid dienone is 1. The summed E-state index contributed by atoms with van der Waals surface area (Å²) in [6.45, 7) is 4.14. The molecule has 0 radical (unpaired) electrons. The molecule has 0 aromatic heterocycles. The van der Waals surface area contributed by atoms with Crippen LogP contribution in [-0.4, -0.2) is 5.60 Å². The molecular weight excluding hydrogens is 160 g/mol. The van der Waals surface area contributed by atoms with Gasteiger partial charge in [0.15, 0.2) is 0 Å². The van der Waals surface area contributed by atoms with E-state index in [9.17, 15) is 0 Å². The molecule has 13 heavy (non-hydrogen) atoms. The number of hydrogen-bond donors (Lipinski definition) is 0. The number of hydrogen-bond acceptors (Lipinski definition) is 1. The highest BCUT2D eigenvalue weighted by atomic mass is 16.6. The van der Waals surface area contributed by atoms with Crippen LogP contribution in [0.15, 0.2) is 42.5 Å². The minimum Gasteiger partial charge on any atom is -0.357 e. The Morgan fingerprint density at radius 3 is 2.62 bits per heavy atom. The van der Waals surface area contributed by atoms with Crippen molar-refractivity contribution < 1.29 is 4.74 Å². The van der Waals surface area contributed by atoms with E-state index in [0.29, 0.717) is 0 Å². The molecule has 0 saturated carbocycles. The first-order valence-corrected chi connectivity index (χ1v) is 4.63. The number of benzene rings is 1. The van der Waals surface area contributed by atoms with Gasteiger partial charge in [-0.3, -0.25) is 0 Å². The first-order valence-electron chi connectivity index (χ1n) is 4.63. The average Bonchev–Trinajstić information content (AvgIpc) is 2.80. The first-order chi connectivity index (χ1) is 6.26. The number of ether oxygens (including phenoxy) is 1. The van der Waals surface area contributed by atoms with E-state index in [1.54, 1.807) is 0 Å². The molecule has 0 bridgehead atoms. The third kappa shape index (κ3) is 1.52. The summed E-state index contributed by atoms with van der Waals surface area (Å²) in [6, 6.07) is 10.3. The molecular formula is C12H14O. The summed E-state index contributed by atoms with van der Waals surface area (Å²) in [5, 5.41) is 0. The molecule has 1 aromatic rings. The normalized spacial score (nSPS) is 32.3. The molecule has 2 atom stereocenters. The summed E-state index contributed by atoms with van der Waals surface area (Å²) in [6.07, 6.45) is 4.41. The lowest BCUT2D eigenvalue weighted by atomic mass is 10.0. The molecule has 0 N–H and O–H groups in total. The standard InChI is InChI=1S/C12H14O/c1-3-9-12(2)11(13-12)10-7-5-4-6-8-10/h3-9,11H,1-2H3/b9-3+. The molecule has 1 aromatic carbocycles. The van der Waals surface area contributed by atoms with Crippen LogP contribution in [0.2, 0.25) is 0 Å². The Kier molecular flexibility index (Phi) is 1.97. The van der Waals surface area contributed by atoms with Gasteiger partial charge in [-0.15, -0.1) is 0 Å². The zero-order valence-electron chi connectivity index (χ0n) is 8.03. The maximum atomic E-state index is 5.64. The minimum atomic E-state index is -0.0594. The van der Waals surface area contributed by atoms with Crippen LogP contribution in [0.4, 0.5) is 0 Å². The quantitative estimate of drug-likeness (QED) is 0.496. The zero-order chi connectivity index (χ0) is 9.31. The third-order valence-corrected chi connectivity index (χ3v) is 2.44. The summed E-state index contributed by atoms with van der Waals surface area (Å²) in [4.78, 5) is 0. The van der Waals surface area contributed by atoms with E-state index in [0.717, 1.165) is 0 Å². The van der Waals surface area contributed by atoms with Gasteiger partial charge in [0.05, 0.1) is 0 Å². The van der Waals surface area contributed by atoms with Crippen molar-refractivity contribution in [1.29, 1.82) is 0 Å². The predicted molar refractivity (Wildman–Crippen MR) is 53.5 cm³/mol. The van der Waals surface area contributed by atoms with Crippen molar-refractivity contribution in [2.24, 2.45) is 0 Å². The zero-order valence-corrected chi connectivity index (χ0v) is 8.03. The lowest BCUT2D eigenvalue weighted by Crippen LogP contribution is -2.00. The van der Waals surface area contributed by atoms with Gasteiger partial charge in [-0.05, 0) is 19.4 Å². The fourth-order valence-electron chi connectivity index (χ4n) is 1.70. The second-order valence-corrected chi connectivity index (χ2v) is 3.59. The van der Waals surface area contributed by atoms with Crippen LogP contribution in [-0.2, 0) is 4.74 Å². The topological polar surface area (TPSA) is 12.5 Å². The van der Waals surface area contributed by atoms with Gasteiger partial charge >= 0.3 is 0 Å². The van der Waals surface area contributed by atoms with Crippen LogP contribution in [0.5, 0.6) is 0 Å². The predicted octanol–water partition coefficient (Wildman–Crippen LogP) is 3.09. The molecule has 68 valence electrons. The molecule has 1 saturated heterocycles. The van der Waals surface area contributed by atoms with Crippen molar-refractivity contribution in [3.05, 3.63) is 48.0 Å². The van der Waals surface area contributed by atoms with E-state index in [2.05, 4.69) is 25.1 Å².